The maximum atomic E-state index is 11.7. The van der Waals surface area contributed by atoms with Crippen molar-refractivity contribution in [2.45, 2.75) is 6.42 Å². The zero-order valence-corrected chi connectivity index (χ0v) is 10.4. The molecule has 1 aromatic carbocycles. The van der Waals surface area contributed by atoms with Gasteiger partial charge in [0, 0.05) is 24.7 Å². The Kier molecular flexibility index (Phi) is 3.41. The quantitative estimate of drug-likeness (QED) is 0.789. The molecule has 2 aromatic rings. The number of fused-ring (bicyclic) bond motifs is 1. The van der Waals surface area contributed by atoms with Crippen LogP contribution in [0.2, 0.25) is 0 Å². The summed E-state index contributed by atoms with van der Waals surface area (Å²) in [4.78, 5) is 13.3. The molecule has 0 N–H and O–H groups in total. The molecule has 1 aromatic heterocycles. The number of carbonyl (C=O) groups excluding carboxylic acids is 1. The minimum absolute atomic E-state index is 0.0180. The topological polar surface area (TPSA) is 33.2 Å². The van der Waals surface area contributed by atoms with E-state index < -0.39 is 0 Å². The predicted molar refractivity (Wildman–Crippen MR) is 68.4 cm³/mol. The number of hydrogen-bond acceptors (Lipinski definition) is 3. The highest BCUT2D eigenvalue weighted by molar-refractivity contribution is 7.12. The highest BCUT2D eigenvalue weighted by atomic mass is 35.5. The standard InChI is InChI=1S/C11H11ClN2OS/c1-14(10(15)6-7-12)11-8-4-2-3-5-9(8)13-16-11/h2-5H,6-7H2,1H3. The van der Waals surface area contributed by atoms with Crippen molar-refractivity contribution in [3.8, 4) is 0 Å². The molecule has 0 aliphatic rings. The lowest BCUT2D eigenvalue weighted by molar-refractivity contribution is -0.117. The van der Waals surface area contributed by atoms with Crippen molar-refractivity contribution in [3.05, 3.63) is 24.3 Å². The number of carbonyl (C=O) groups is 1. The van der Waals surface area contributed by atoms with Gasteiger partial charge < -0.3 is 4.90 Å². The monoisotopic (exact) mass is 254 g/mol. The highest BCUT2D eigenvalue weighted by Crippen LogP contribution is 2.30. The number of anilines is 1. The van der Waals surface area contributed by atoms with Crippen molar-refractivity contribution in [2.24, 2.45) is 0 Å². The van der Waals surface area contributed by atoms with Crippen molar-refractivity contribution in [1.82, 2.24) is 4.37 Å². The average Bonchev–Trinajstić information content (AvgIpc) is 2.72. The normalized spacial score (nSPS) is 10.6. The minimum Gasteiger partial charge on any atom is -0.305 e. The Hall–Kier alpha value is -1.13. The Labute approximate surface area is 103 Å². The fourth-order valence-corrected chi connectivity index (χ4v) is 2.48. The van der Waals surface area contributed by atoms with Crippen LogP contribution in [0, 0.1) is 0 Å². The number of hydrogen-bond donors (Lipinski definition) is 0. The van der Waals surface area contributed by atoms with E-state index in [9.17, 15) is 4.79 Å². The van der Waals surface area contributed by atoms with Gasteiger partial charge in [0.05, 0.1) is 5.52 Å². The van der Waals surface area contributed by atoms with Crippen LogP contribution < -0.4 is 4.90 Å². The van der Waals surface area contributed by atoms with Gasteiger partial charge in [-0.3, -0.25) is 4.79 Å². The fraction of sp³-hybridized carbons (Fsp3) is 0.273. The number of alkyl halides is 1. The lowest BCUT2D eigenvalue weighted by atomic mass is 10.2. The first-order chi connectivity index (χ1) is 7.74. The Bertz CT molecular complexity index is 511. The molecule has 0 saturated heterocycles. The molecule has 0 unspecified atom stereocenters. The highest BCUT2D eigenvalue weighted by Gasteiger charge is 2.15. The third kappa shape index (κ3) is 2.03. The summed E-state index contributed by atoms with van der Waals surface area (Å²) in [5.41, 5.74) is 0.924. The summed E-state index contributed by atoms with van der Waals surface area (Å²) in [6.07, 6.45) is 0.351. The first-order valence-electron chi connectivity index (χ1n) is 4.91. The average molecular weight is 255 g/mol. The van der Waals surface area contributed by atoms with Crippen LogP contribution in [-0.4, -0.2) is 23.2 Å². The summed E-state index contributed by atoms with van der Waals surface area (Å²) in [6.45, 7) is 0. The second-order valence-corrected chi connectivity index (χ2v) is 4.53. The predicted octanol–water partition coefficient (Wildman–Crippen LogP) is 2.89. The van der Waals surface area contributed by atoms with Gasteiger partial charge in [-0.05, 0) is 23.7 Å². The number of rotatable bonds is 3. The molecular formula is C11H11ClN2OS. The molecular weight excluding hydrogens is 244 g/mol. The van der Waals surface area contributed by atoms with E-state index in [1.54, 1.807) is 11.9 Å². The number of halogens is 1. The molecule has 0 aliphatic carbocycles. The van der Waals surface area contributed by atoms with Gasteiger partial charge in [0.25, 0.3) is 0 Å². The maximum absolute atomic E-state index is 11.7. The van der Waals surface area contributed by atoms with E-state index in [0.29, 0.717) is 12.3 Å². The first kappa shape index (κ1) is 11.4. The van der Waals surface area contributed by atoms with Gasteiger partial charge in [0.2, 0.25) is 5.91 Å². The van der Waals surface area contributed by atoms with Crippen molar-refractivity contribution >= 4 is 44.9 Å². The molecule has 0 bridgehead atoms. The smallest absolute Gasteiger partial charge is 0.228 e. The molecule has 16 heavy (non-hydrogen) atoms. The van der Waals surface area contributed by atoms with Gasteiger partial charge in [-0.25, -0.2) is 0 Å². The van der Waals surface area contributed by atoms with Crippen LogP contribution in [0.3, 0.4) is 0 Å². The molecule has 0 saturated carbocycles. The van der Waals surface area contributed by atoms with E-state index >= 15 is 0 Å². The van der Waals surface area contributed by atoms with Gasteiger partial charge in [-0.15, -0.1) is 11.6 Å². The first-order valence-corrected chi connectivity index (χ1v) is 6.21. The van der Waals surface area contributed by atoms with Crippen LogP contribution in [0.5, 0.6) is 0 Å². The lowest BCUT2D eigenvalue weighted by Crippen LogP contribution is -2.25. The van der Waals surface area contributed by atoms with Crippen LogP contribution in [-0.2, 0) is 4.79 Å². The van der Waals surface area contributed by atoms with E-state index in [4.69, 9.17) is 11.6 Å². The van der Waals surface area contributed by atoms with Crippen LogP contribution in [0.4, 0.5) is 5.00 Å². The second-order valence-electron chi connectivity index (χ2n) is 3.40. The molecule has 0 radical (unpaired) electrons. The SMILES string of the molecule is CN(C(=O)CCCl)c1snc2ccccc12. The lowest BCUT2D eigenvalue weighted by Gasteiger charge is -2.14. The molecule has 84 valence electrons. The Morgan fingerprint density at radius 2 is 2.25 bits per heavy atom. The van der Waals surface area contributed by atoms with Gasteiger partial charge >= 0.3 is 0 Å². The van der Waals surface area contributed by atoms with Gasteiger partial charge in [0.1, 0.15) is 5.00 Å². The molecule has 1 amide bonds. The van der Waals surface area contributed by atoms with Crippen LogP contribution in [0.15, 0.2) is 24.3 Å². The van der Waals surface area contributed by atoms with E-state index in [1.165, 1.54) is 11.5 Å². The van der Waals surface area contributed by atoms with E-state index in [1.807, 2.05) is 24.3 Å². The summed E-state index contributed by atoms with van der Waals surface area (Å²) in [5.74, 6) is 0.365. The molecule has 0 aliphatic heterocycles. The number of nitrogens with zero attached hydrogens (tertiary/aromatic N) is 2. The molecule has 1 heterocycles. The van der Waals surface area contributed by atoms with E-state index in [0.717, 1.165) is 15.9 Å². The zero-order chi connectivity index (χ0) is 11.5. The van der Waals surface area contributed by atoms with Crippen molar-refractivity contribution in [2.75, 3.05) is 17.8 Å². The minimum atomic E-state index is 0.0180. The third-order valence-electron chi connectivity index (χ3n) is 2.35. The van der Waals surface area contributed by atoms with Crippen molar-refractivity contribution < 1.29 is 4.79 Å². The molecule has 5 heteroatoms. The molecule has 0 fully saturated rings. The van der Waals surface area contributed by atoms with Crippen molar-refractivity contribution in [1.29, 1.82) is 0 Å². The Morgan fingerprint density at radius 3 is 3.00 bits per heavy atom. The van der Waals surface area contributed by atoms with Crippen LogP contribution in [0.1, 0.15) is 6.42 Å². The summed E-state index contributed by atoms with van der Waals surface area (Å²) in [7, 11) is 1.76. The third-order valence-corrected chi connectivity index (χ3v) is 3.50. The Balaban J connectivity index is 2.36. The molecule has 3 nitrogen and oxygen atoms in total. The largest absolute Gasteiger partial charge is 0.305 e. The van der Waals surface area contributed by atoms with E-state index in [2.05, 4.69) is 4.37 Å². The zero-order valence-electron chi connectivity index (χ0n) is 8.81. The second kappa shape index (κ2) is 4.80. The summed E-state index contributed by atoms with van der Waals surface area (Å²) < 4.78 is 4.30. The number of amides is 1. The molecule has 0 spiro atoms. The van der Waals surface area contributed by atoms with Crippen LogP contribution >= 0.6 is 23.1 Å². The summed E-state index contributed by atoms with van der Waals surface area (Å²) in [5, 5.41) is 1.89. The van der Waals surface area contributed by atoms with Gasteiger partial charge in [0.15, 0.2) is 0 Å². The van der Waals surface area contributed by atoms with Gasteiger partial charge in [-0.1, -0.05) is 12.1 Å². The molecule has 0 atom stereocenters. The summed E-state index contributed by atoms with van der Waals surface area (Å²) >= 11 is 6.90. The van der Waals surface area contributed by atoms with Crippen molar-refractivity contribution in [3.63, 3.8) is 0 Å². The van der Waals surface area contributed by atoms with Gasteiger partial charge in [-0.2, -0.15) is 4.37 Å². The number of benzene rings is 1. The van der Waals surface area contributed by atoms with E-state index in [-0.39, 0.29) is 5.91 Å². The maximum Gasteiger partial charge on any atom is 0.228 e. The van der Waals surface area contributed by atoms with Crippen LogP contribution in [0.25, 0.3) is 10.9 Å². The fourth-order valence-electron chi connectivity index (χ4n) is 1.48. The summed E-state index contributed by atoms with van der Waals surface area (Å²) in [6, 6.07) is 7.79. The number of aromatic nitrogens is 1. The Morgan fingerprint density at radius 1 is 1.50 bits per heavy atom. The molecule has 2 rings (SSSR count).